The average Bonchev–Trinajstić information content (AvgIpc) is 2.23. The zero-order valence-corrected chi connectivity index (χ0v) is 8.49. The maximum absolute atomic E-state index is 4.02. The molecule has 0 fully saturated rings. The highest BCUT2D eigenvalue weighted by molar-refractivity contribution is 5.67. The molecule has 0 saturated carbocycles. The van der Waals surface area contributed by atoms with Crippen LogP contribution >= 0.6 is 0 Å². The topological polar surface area (TPSA) is 12.9 Å². The molecule has 0 saturated heterocycles. The molecule has 0 aliphatic heterocycles. The summed E-state index contributed by atoms with van der Waals surface area (Å²) in [6.45, 7) is 4.25. The van der Waals surface area contributed by atoms with Gasteiger partial charge in [-0.15, -0.1) is 0 Å². The van der Waals surface area contributed by atoms with Crippen molar-refractivity contribution in [2.45, 2.75) is 13.8 Å². The SMILES string of the molecule is Cc1ccc(C)c(-c2ccncc2)c1. The van der Waals surface area contributed by atoms with Crippen molar-refractivity contribution in [1.82, 2.24) is 4.98 Å². The zero-order chi connectivity index (χ0) is 9.97. The molecule has 0 atom stereocenters. The normalized spacial score (nSPS) is 10.1. The Morgan fingerprint density at radius 3 is 2.36 bits per heavy atom. The molecule has 0 bridgehead atoms. The molecule has 0 N–H and O–H groups in total. The lowest BCUT2D eigenvalue weighted by Crippen LogP contribution is -1.84. The largest absolute Gasteiger partial charge is 0.265 e. The molecule has 14 heavy (non-hydrogen) atoms. The maximum Gasteiger partial charge on any atom is 0.0273 e. The minimum Gasteiger partial charge on any atom is -0.265 e. The van der Waals surface area contributed by atoms with Gasteiger partial charge in [-0.05, 0) is 42.7 Å². The van der Waals surface area contributed by atoms with E-state index in [0.29, 0.717) is 0 Å². The molecule has 0 aliphatic rings. The molecule has 0 radical (unpaired) electrons. The van der Waals surface area contributed by atoms with Crippen LogP contribution in [0.5, 0.6) is 0 Å². The molecule has 2 rings (SSSR count). The molecule has 0 spiro atoms. The van der Waals surface area contributed by atoms with E-state index < -0.39 is 0 Å². The van der Waals surface area contributed by atoms with Crippen LogP contribution in [0, 0.1) is 13.8 Å². The summed E-state index contributed by atoms with van der Waals surface area (Å²) in [6.07, 6.45) is 3.66. The van der Waals surface area contributed by atoms with Gasteiger partial charge in [-0.1, -0.05) is 23.8 Å². The maximum atomic E-state index is 4.02. The van der Waals surface area contributed by atoms with Crippen LogP contribution in [0.4, 0.5) is 0 Å². The predicted octanol–water partition coefficient (Wildman–Crippen LogP) is 3.37. The van der Waals surface area contributed by atoms with Gasteiger partial charge in [0.1, 0.15) is 0 Å². The van der Waals surface area contributed by atoms with Crippen molar-refractivity contribution in [2.24, 2.45) is 0 Å². The first-order chi connectivity index (χ1) is 6.77. The number of hydrogen-bond acceptors (Lipinski definition) is 1. The molecule has 2 aromatic rings. The highest BCUT2D eigenvalue weighted by Gasteiger charge is 2.00. The first kappa shape index (κ1) is 8.95. The summed E-state index contributed by atoms with van der Waals surface area (Å²) in [5, 5.41) is 0. The summed E-state index contributed by atoms with van der Waals surface area (Å²) in [4.78, 5) is 4.02. The van der Waals surface area contributed by atoms with Crippen LogP contribution in [0.3, 0.4) is 0 Å². The van der Waals surface area contributed by atoms with Gasteiger partial charge in [0.15, 0.2) is 0 Å². The lowest BCUT2D eigenvalue weighted by molar-refractivity contribution is 1.32. The molecule has 1 aromatic heterocycles. The van der Waals surface area contributed by atoms with Crippen molar-refractivity contribution >= 4 is 0 Å². The summed E-state index contributed by atoms with van der Waals surface area (Å²) < 4.78 is 0. The molecule has 1 aromatic carbocycles. The van der Waals surface area contributed by atoms with Crippen LogP contribution < -0.4 is 0 Å². The Labute approximate surface area is 84.4 Å². The van der Waals surface area contributed by atoms with E-state index >= 15 is 0 Å². The van der Waals surface area contributed by atoms with Crippen molar-refractivity contribution in [2.75, 3.05) is 0 Å². The van der Waals surface area contributed by atoms with Crippen LogP contribution in [0.25, 0.3) is 11.1 Å². The van der Waals surface area contributed by atoms with Crippen molar-refractivity contribution in [3.8, 4) is 11.1 Å². The van der Waals surface area contributed by atoms with E-state index in [1.54, 1.807) is 0 Å². The van der Waals surface area contributed by atoms with Gasteiger partial charge >= 0.3 is 0 Å². The van der Waals surface area contributed by atoms with E-state index in [4.69, 9.17) is 0 Å². The van der Waals surface area contributed by atoms with Crippen molar-refractivity contribution in [3.63, 3.8) is 0 Å². The van der Waals surface area contributed by atoms with Gasteiger partial charge < -0.3 is 0 Å². The summed E-state index contributed by atoms with van der Waals surface area (Å²) in [5.41, 5.74) is 5.14. The number of hydrogen-bond donors (Lipinski definition) is 0. The minimum absolute atomic E-state index is 1.24. The first-order valence-electron chi connectivity index (χ1n) is 4.75. The smallest absolute Gasteiger partial charge is 0.0273 e. The Hall–Kier alpha value is -1.63. The van der Waals surface area contributed by atoms with E-state index in [2.05, 4.69) is 37.0 Å². The number of rotatable bonds is 1. The zero-order valence-electron chi connectivity index (χ0n) is 8.49. The van der Waals surface area contributed by atoms with Gasteiger partial charge in [0.05, 0.1) is 0 Å². The molecule has 1 heterocycles. The molecule has 70 valence electrons. The number of benzene rings is 1. The second-order valence-corrected chi connectivity index (χ2v) is 3.55. The number of pyridine rings is 1. The van der Waals surface area contributed by atoms with Gasteiger partial charge in [-0.3, -0.25) is 4.98 Å². The fraction of sp³-hybridized carbons (Fsp3) is 0.154. The Bertz CT molecular complexity index is 432. The molecule has 1 nitrogen and oxygen atoms in total. The van der Waals surface area contributed by atoms with Crippen molar-refractivity contribution < 1.29 is 0 Å². The third kappa shape index (κ3) is 1.67. The summed E-state index contributed by atoms with van der Waals surface area (Å²) in [5.74, 6) is 0. The van der Waals surface area contributed by atoms with E-state index in [9.17, 15) is 0 Å². The van der Waals surface area contributed by atoms with E-state index in [-0.39, 0.29) is 0 Å². The van der Waals surface area contributed by atoms with Crippen LogP contribution in [0.2, 0.25) is 0 Å². The van der Waals surface area contributed by atoms with Crippen LogP contribution in [-0.2, 0) is 0 Å². The first-order valence-corrected chi connectivity index (χ1v) is 4.75. The second kappa shape index (κ2) is 3.62. The summed E-state index contributed by atoms with van der Waals surface area (Å²) in [6, 6.07) is 10.6. The monoisotopic (exact) mass is 183 g/mol. The van der Waals surface area contributed by atoms with E-state index in [1.807, 2.05) is 24.5 Å². The Kier molecular flexibility index (Phi) is 2.32. The van der Waals surface area contributed by atoms with Crippen molar-refractivity contribution in [3.05, 3.63) is 53.9 Å². The lowest BCUT2D eigenvalue weighted by atomic mass is 10.00. The van der Waals surface area contributed by atoms with Crippen LogP contribution in [0.15, 0.2) is 42.7 Å². The van der Waals surface area contributed by atoms with Gasteiger partial charge in [-0.2, -0.15) is 0 Å². The molecular formula is C13H13N. The van der Waals surface area contributed by atoms with E-state index in [0.717, 1.165) is 0 Å². The predicted molar refractivity (Wildman–Crippen MR) is 59.1 cm³/mol. The summed E-state index contributed by atoms with van der Waals surface area (Å²) >= 11 is 0. The minimum atomic E-state index is 1.24. The Morgan fingerprint density at radius 1 is 0.929 bits per heavy atom. The fourth-order valence-electron chi connectivity index (χ4n) is 1.58. The number of aryl methyl sites for hydroxylation is 2. The van der Waals surface area contributed by atoms with Gasteiger partial charge in [-0.25, -0.2) is 0 Å². The average molecular weight is 183 g/mol. The Morgan fingerprint density at radius 2 is 1.64 bits per heavy atom. The fourth-order valence-corrected chi connectivity index (χ4v) is 1.58. The van der Waals surface area contributed by atoms with Gasteiger partial charge in [0.2, 0.25) is 0 Å². The molecule has 0 unspecified atom stereocenters. The highest BCUT2D eigenvalue weighted by Crippen LogP contribution is 2.23. The molecule has 0 amide bonds. The standard InChI is InChI=1S/C13H13N/c1-10-3-4-11(2)13(9-10)12-5-7-14-8-6-12/h3-9H,1-2H3. The van der Waals surface area contributed by atoms with Gasteiger partial charge in [0, 0.05) is 12.4 Å². The van der Waals surface area contributed by atoms with E-state index in [1.165, 1.54) is 22.3 Å². The summed E-state index contributed by atoms with van der Waals surface area (Å²) in [7, 11) is 0. The third-order valence-corrected chi connectivity index (χ3v) is 2.38. The number of nitrogens with zero attached hydrogens (tertiary/aromatic N) is 1. The van der Waals surface area contributed by atoms with Crippen LogP contribution in [0.1, 0.15) is 11.1 Å². The lowest BCUT2D eigenvalue weighted by Gasteiger charge is -2.06. The Balaban J connectivity index is 2.57. The quantitative estimate of drug-likeness (QED) is 0.660. The van der Waals surface area contributed by atoms with Crippen LogP contribution in [-0.4, -0.2) is 4.98 Å². The molecule has 0 aliphatic carbocycles. The highest BCUT2D eigenvalue weighted by atomic mass is 14.6. The second-order valence-electron chi connectivity index (χ2n) is 3.55. The number of aromatic nitrogens is 1. The van der Waals surface area contributed by atoms with Gasteiger partial charge in [0.25, 0.3) is 0 Å². The molecular weight excluding hydrogens is 170 g/mol. The third-order valence-electron chi connectivity index (χ3n) is 2.38. The van der Waals surface area contributed by atoms with Crippen molar-refractivity contribution in [1.29, 1.82) is 0 Å². The molecule has 1 heteroatoms.